The van der Waals surface area contributed by atoms with Gasteiger partial charge in [-0.3, -0.25) is 0 Å². The predicted octanol–water partition coefficient (Wildman–Crippen LogP) is 2.43. The summed E-state index contributed by atoms with van der Waals surface area (Å²) in [6, 6.07) is 8.63. The average Bonchev–Trinajstić information content (AvgIpc) is 2.30. The first-order chi connectivity index (χ1) is 8.08. The van der Waals surface area contributed by atoms with Gasteiger partial charge in [-0.2, -0.15) is 0 Å². The Hall–Kier alpha value is -2.36. The molecule has 1 heterocycles. The summed E-state index contributed by atoms with van der Waals surface area (Å²) in [5, 5.41) is 19.2. The van der Waals surface area contributed by atoms with E-state index in [1.807, 2.05) is 6.07 Å². The minimum atomic E-state index is -0.982. The summed E-state index contributed by atoms with van der Waals surface area (Å²) in [5.74, 6) is -0.894. The summed E-state index contributed by atoms with van der Waals surface area (Å²) in [6.45, 7) is 1.50. The Bertz CT molecular complexity index is 617. The van der Waals surface area contributed by atoms with Crippen molar-refractivity contribution in [2.24, 2.45) is 0 Å². The number of nitrogens with zero attached hydrogens (tertiary/aromatic N) is 1. The van der Waals surface area contributed by atoms with Crippen LogP contribution < -0.4 is 0 Å². The van der Waals surface area contributed by atoms with Crippen molar-refractivity contribution in [3.8, 4) is 5.75 Å². The highest BCUT2D eigenvalue weighted by atomic mass is 16.4. The van der Waals surface area contributed by atoms with Gasteiger partial charge in [0, 0.05) is 11.0 Å². The number of aromatic nitrogens is 1. The molecule has 0 unspecified atom stereocenters. The number of carbonyl (C=O) groups is 1. The topological polar surface area (TPSA) is 70.4 Å². The van der Waals surface area contributed by atoms with Gasteiger partial charge in [0.2, 0.25) is 0 Å². The average molecular weight is 229 g/mol. The van der Waals surface area contributed by atoms with Crippen molar-refractivity contribution in [1.29, 1.82) is 0 Å². The van der Waals surface area contributed by atoms with Crippen molar-refractivity contribution < 1.29 is 15.0 Å². The summed E-state index contributed by atoms with van der Waals surface area (Å²) in [5.41, 5.74) is 1.19. The highest BCUT2D eigenvalue weighted by Gasteiger charge is 2.04. The van der Waals surface area contributed by atoms with Crippen molar-refractivity contribution >= 4 is 22.9 Å². The van der Waals surface area contributed by atoms with Crippen molar-refractivity contribution in [3.63, 3.8) is 0 Å². The second-order valence-electron chi connectivity index (χ2n) is 3.72. The fourth-order valence-corrected chi connectivity index (χ4v) is 1.51. The first-order valence-electron chi connectivity index (χ1n) is 5.08. The molecule has 0 bridgehead atoms. The number of benzene rings is 1. The highest BCUT2D eigenvalue weighted by molar-refractivity contribution is 5.92. The molecule has 0 atom stereocenters. The van der Waals surface area contributed by atoms with Gasteiger partial charge in [0.15, 0.2) is 0 Å². The van der Waals surface area contributed by atoms with Crippen LogP contribution in [0.25, 0.3) is 17.0 Å². The molecule has 2 rings (SSSR count). The predicted molar refractivity (Wildman–Crippen MR) is 64.7 cm³/mol. The molecule has 1 aromatic carbocycles. The van der Waals surface area contributed by atoms with Crippen LogP contribution in [0.5, 0.6) is 5.75 Å². The molecule has 17 heavy (non-hydrogen) atoms. The smallest absolute Gasteiger partial charge is 0.331 e. The molecule has 4 nitrogen and oxygen atoms in total. The molecule has 0 radical (unpaired) electrons. The first kappa shape index (κ1) is 11.1. The van der Waals surface area contributed by atoms with E-state index in [0.29, 0.717) is 11.2 Å². The lowest BCUT2D eigenvalue weighted by Crippen LogP contribution is -1.96. The largest absolute Gasteiger partial charge is 0.506 e. The number of hydrogen-bond donors (Lipinski definition) is 2. The Morgan fingerprint density at radius 3 is 2.76 bits per heavy atom. The van der Waals surface area contributed by atoms with Crippen molar-refractivity contribution in [3.05, 3.63) is 41.6 Å². The van der Waals surface area contributed by atoms with Crippen molar-refractivity contribution in [2.45, 2.75) is 6.92 Å². The summed E-state index contributed by atoms with van der Waals surface area (Å²) < 4.78 is 0. The molecule has 1 aromatic heterocycles. The van der Waals surface area contributed by atoms with E-state index >= 15 is 0 Å². The van der Waals surface area contributed by atoms with Gasteiger partial charge in [0.1, 0.15) is 11.3 Å². The van der Waals surface area contributed by atoms with Crippen LogP contribution >= 0.6 is 0 Å². The van der Waals surface area contributed by atoms with Crippen LogP contribution in [0.3, 0.4) is 0 Å². The van der Waals surface area contributed by atoms with Gasteiger partial charge < -0.3 is 10.2 Å². The van der Waals surface area contributed by atoms with Crippen LogP contribution in [-0.4, -0.2) is 21.2 Å². The van der Waals surface area contributed by atoms with E-state index in [9.17, 15) is 9.90 Å². The summed E-state index contributed by atoms with van der Waals surface area (Å²) in [4.78, 5) is 14.9. The number of phenols is 1. The van der Waals surface area contributed by atoms with E-state index in [4.69, 9.17) is 5.11 Å². The van der Waals surface area contributed by atoms with Gasteiger partial charge >= 0.3 is 5.97 Å². The SMILES string of the molecule is CC(=Cc1ccc2cccc(O)c2n1)C(=O)O. The van der Waals surface area contributed by atoms with Gasteiger partial charge in [-0.25, -0.2) is 9.78 Å². The second kappa shape index (κ2) is 4.25. The number of para-hydroxylation sites is 1. The fraction of sp³-hybridized carbons (Fsp3) is 0.0769. The molecule has 0 fully saturated rings. The molecule has 0 aliphatic heterocycles. The zero-order valence-corrected chi connectivity index (χ0v) is 9.21. The Kier molecular flexibility index (Phi) is 2.78. The minimum absolute atomic E-state index is 0.0886. The summed E-state index contributed by atoms with van der Waals surface area (Å²) in [6.07, 6.45) is 1.47. The molecule has 0 saturated carbocycles. The molecule has 0 aliphatic rings. The number of fused-ring (bicyclic) bond motifs is 1. The monoisotopic (exact) mass is 229 g/mol. The zero-order chi connectivity index (χ0) is 12.4. The molecule has 0 amide bonds. The Balaban J connectivity index is 2.55. The second-order valence-corrected chi connectivity index (χ2v) is 3.72. The van der Waals surface area contributed by atoms with Gasteiger partial charge in [-0.15, -0.1) is 0 Å². The van der Waals surface area contributed by atoms with E-state index in [-0.39, 0.29) is 11.3 Å². The maximum Gasteiger partial charge on any atom is 0.331 e. The van der Waals surface area contributed by atoms with Crippen LogP contribution in [0.2, 0.25) is 0 Å². The number of aromatic hydroxyl groups is 1. The number of phenolic OH excluding ortho intramolecular Hbond substituents is 1. The summed E-state index contributed by atoms with van der Waals surface area (Å²) >= 11 is 0. The van der Waals surface area contributed by atoms with Crippen molar-refractivity contribution in [1.82, 2.24) is 4.98 Å². The standard InChI is InChI=1S/C13H11NO3/c1-8(13(16)17)7-10-6-5-9-3-2-4-11(15)12(9)14-10/h2-7,15H,1H3,(H,16,17). The number of pyridine rings is 1. The van der Waals surface area contributed by atoms with E-state index in [1.165, 1.54) is 13.0 Å². The van der Waals surface area contributed by atoms with Crippen LogP contribution in [-0.2, 0) is 4.79 Å². The third-order valence-corrected chi connectivity index (χ3v) is 2.42. The molecule has 0 aliphatic carbocycles. The Morgan fingerprint density at radius 1 is 1.29 bits per heavy atom. The van der Waals surface area contributed by atoms with Gasteiger partial charge in [0.25, 0.3) is 0 Å². The maximum atomic E-state index is 10.7. The molecule has 2 aromatic rings. The first-order valence-corrected chi connectivity index (χ1v) is 5.08. The lowest BCUT2D eigenvalue weighted by atomic mass is 10.1. The third-order valence-electron chi connectivity index (χ3n) is 2.42. The number of carboxylic acid groups (broad SMARTS) is 1. The molecule has 4 heteroatoms. The fourth-order valence-electron chi connectivity index (χ4n) is 1.51. The van der Waals surface area contributed by atoms with Crippen molar-refractivity contribution in [2.75, 3.05) is 0 Å². The van der Waals surface area contributed by atoms with E-state index in [2.05, 4.69) is 4.98 Å². The summed E-state index contributed by atoms with van der Waals surface area (Å²) in [7, 11) is 0. The molecular formula is C13H11NO3. The van der Waals surface area contributed by atoms with E-state index in [1.54, 1.807) is 24.3 Å². The molecule has 86 valence electrons. The lowest BCUT2D eigenvalue weighted by Gasteiger charge is -2.01. The van der Waals surface area contributed by atoms with E-state index < -0.39 is 5.97 Å². The normalized spacial score (nSPS) is 11.7. The van der Waals surface area contributed by atoms with Crippen LogP contribution in [0.15, 0.2) is 35.9 Å². The zero-order valence-electron chi connectivity index (χ0n) is 9.21. The highest BCUT2D eigenvalue weighted by Crippen LogP contribution is 2.22. The molecule has 2 N–H and O–H groups in total. The third kappa shape index (κ3) is 2.25. The van der Waals surface area contributed by atoms with Crippen LogP contribution in [0.4, 0.5) is 0 Å². The molecule has 0 saturated heterocycles. The van der Waals surface area contributed by atoms with Crippen LogP contribution in [0.1, 0.15) is 12.6 Å². The lowest BCUT2D eigenvalue weighted by molar-refractivity contribution is -0.132. The maximum absolute atomic E-state index is 10.7. The molecular weight excluding hydrogens is 218 g/mol. The Labute approximate surface area is 97.9 Å². The van der Waals surface area contributed by atoms with Gasteiger partial charge in [0.05, 0.1) is 5.69 Å². The number of hydrogen-bond acceptors (Lipinski definition) is 3. The van der Waals surface area contributed by atoms with Gasteiger partial charge in [-0.1, -0.05) is 18.2 Å². The minimum Gasteiger partial charge on any atom is -0.506 e. The van der Waals surface area contributed by atoms with E-state index in [0.717, 1.165) is 5.39 Å². The number of rotatable bonds is 2. The van der Waals surface area contributed by atoms with Gasteiger partial charge in [-0.05, 0) is 25.1 Å². The Morgan fingerprint density at radius 2 is 2.06 bits per heavy atom. The number of aliphatic carboxylic acids is 1. The number of carboxylic acids is 1. The quantitative estimate of drug-likeness (QED) is 0.776. The molecule has 0 spiro atoms. The van der Waals surface area contributed by atoms with Crippen LogP contribution in [0, 0.1) is 0 Å².